The summed E-state index contributed by atoms with van der Waals surface area (Å²) in [6.45, 7) is 10.2. The SMILES string of the molecule is C=CCC(F)(F)C(=CCCC)/C=C(/c1ccc(N=C(C)C2=C(C(F)(F)F)C(CC)C=C(C)S2)cc1F)N(C)C. The van der Waals surface area contributed by atoms with Crippen LogP contribution in [0.15, 0.2) is 75.0 Å². The van der Waals surface area contributed by atoms with Crippen molar-refractivity contribution in [2.24, 2.45) is 10.9 Å². The zero-order valence-electron chi connectivity index (χ0n) is 23.2. The van der Waals surface area contributed by atoms with Gasteiger partial charge in [0.1, 0.15) is 5.82 Å². The van der Waals surface area contributed by atoms with Gasteiger partial charge in [0.25, 0.3) is 5.92 Å². The van der Waals surface area contributed by atoms with E-state index in [2.05, 4.69) is 11.6 Å². The van der Waals surface area contributed by atoms with Crippen molar-refractivity contribution in [1.82, 2.24) is 4.90 Å². The molecule has 0 saturated carbocycles. The Hall–Kier alpha value is -2.68. The van der Waals surface area contributed by atoms with E-state index in [1.54, 1.807) is 34.0 Å². The van der Waals surface area contributed by atoms with Crippen LogP contribution in [0.1, 0.15) is 58.9 Å². The number of hydrogen-bond donors (Lipinski definition) is 0. The molecule has 1 unspecified atom stereocenters. The van der Waals surface area contributed by atoms with Crippen LogP contribution in [0.2, 0.25) is 0 Å². The van der Waals surface area contributed by atoms with Gasteiger partial charge in [0.15, 0.2) is 0 Å². The molecule has 0 N–H and O–H groups in total. The molecule has 2 nitrogen and oxygen atoms in total. The van der Waals surface area contributed by atoms with E-state index in [0.717, 1.165) is 28.8 Å². The lowest BCUT2D eigenvalue weighted by atomic mass is 9.93. The average Bonchev–Trinajstić information content (AvgIpc) is 2.83. The second-order valence-electron chi connectivity index (χ2n) is 9.57. The molecule has 0 spiro atoms. The van der Waals surface area contributed by atoms with Gasteiger partial charge in [0.2, 0.25) is 0 Å². The molecule has 214 valence electrons. The molecule has 39 heavy (non-hydrogen) atoms. The molecular formula is C30H36F6N2S. The quantitative estimate of drug-likeness (QED) is 0.114. The Labute approximate surface area is 232 Å². The topological polar surface area (TPSA) is 15.6 Å². The molecule has 0 aromatic heterocycles. The number of alkyl halides is 5. The Morgan fingerprint density at radius 2 is 1.82 bits per heavy atom. The normalized spacial score (nSPS) is 17.9. The van der Waals surface area contributed by atoms with Crippen LogP contribution in [0.5, 0.6) is 0 Å². The van der Waals surface area contributed by atoms with Crippen LogP contribution in [-0.4, -0.2) is 36.8 Å². The fourth-order valence-corrected chi connectivity index (χ4v) is 5.37. The highest BCUT2D eigenvalue weighted by Crippen LogP contribution is 2.46. The van der Waals surface area contributed by atoms with E-state index in [9.17, 15) is 22.0 Å². The molecule has 1 aliphatic rings. The highest BCUT2D eigenvalue weighted by atomic mass is 32.2. The third-order valence-corrected chi connectivity index (χ3v) is 7.34. The maximum absolute atomic E-state index is 15.4. The monoisotopic (exact) mass is 570 g/mol. The summed E-state index contributed by atoms with van der Waals surface area (Å²) in [4.78, 5) is 6.61. The summed E-state index contributed by atoms with van der Waals surface area (Å²) in [5.41, 5.74) is -0.338. The molecule has 0 bridgehead atoms. The second kappa shape index (κ2) is 13.6. The fourth-order valence-electron chi connectivity index (χ4n) is 4.25. The molecule has 0 amide bonds. The van der Waals surface area contributed by atoms with Crippen LogP contribution in [0, 0.1) is 11.7 Å². The minimum atomic E-state index is -4.53. The van der Waals surface area contributed by atoms with Crippen molar-refractivity contribution in [3.8, 4) is 0 Å². The number of hydrogen-bond acceptors (Lipinski definition) is 3. The summed E-state index contributed by atoms with van der Waals surface area (Å²) in [5, 5.41) is 0. The van der Waals surface area contributed by atoms with E-state index < -0.39 is 35.8 Å². The number of thioether (sulfide) groups is 1. The van der Waals surface area contributed by atoms with Gasteiger partial charge in [-0.1, -0.05) is 50.3 Å². The van der Waals surface area contributed by atoms with Gasteiger partial charge in [-0.2, -0.15) is 13.2 Å². The first-order valence-electron chi connectivity index (χ1n) is 12.8. The van der Waals surface area contributed by atoms with E-state index in [1.807, 2.05) is 6.92 Å². The summed E-state index contributed by atoms with van der Waals surface area (Å²) in [6.07, 6.45) is 1.75. The zero-order chi connectivity index (χ0) is 29.5. The van der Waals surface area contributed by atoms with Gasteiger partial charge in [-0.25, -0.2) is 13.2 Å². The lowest BCUT2D eigenvalue weighted by Gasteiger charge is -2.27. The van der Waals surface area contributed by atoms with Gasteiger partial charge in [0, 0.05) is 54.2 Å². The highest BCUT2D eigenvalue weighted by molar-refractivity contribution is 8.07. The van der Waals surface area contributed by atoms with Crippen LogP contribution >= 0.6 is 11.8 Å². The molecule has 0 fully saturated rings. The van der Waals surface area contributed by atoms with Gasteiger partial charge in [-0.15, -0.1) is 6.58 Å². The number of unbranched alkanes of at least 4 members (excludes halogenated alkanes) is 1. The van der Waals surface area contributed by atoms with Crippen LogP contribution < -0.4 is 0 Å². The minimum absolute atomic E-state index is 0.0165. The number of aliphatic imine (C=N–C) groups is 1. The van der Waals surface area contributed by atoms with E-state index in [1.165, 1.54) is 36.1 Å². The van der Waals surface area contributed by atoms with Crippen molar-refractivity contribution < 1.29 is 26.3 Å². The number of allylic oxidation sites excluding steroid dienone is 8. The van der Waals surface area contributed by atoms with E-state index in [0.29, 0.717) is 12.8 Å². The summed E-state index contributed by atoms with van der Waals surface area (Å²) >= 11 is 1.000. The van der Waals surface area contributed by atoms with Crippen LogP contribution in [-0.2, 0) is 0 Å². The summed E-state index contributed by atoms with van der Waals surface area (Å²) in [6, 6.07) is 3.98. The summed E-state index contributed by atoms with van der Waals surface area (Å²) in [7, 11) is 3.24. The van der Waals surface area contributed by atoms with Crippen molar-refractivity contribution in [3.05, 3.63) is 81.4 Å². The van der Waals surface area contributed by atoms with E-state index in [4.69, 9.17) is 0 Å². The van der Waals surface area contributed by atoms with Crippen molar-refractivity contribution >= 4 is 28.9 Å². The number of benzene rings is 1. The molecular weight excluding hydrogens is 534 g/mol. The molecule has 1 atom stereocenters. The molecule has 1 aromatic rings. The fraction of sp³-hybridized carbons (Fsp3) is 0.433. The van der Waals surface area contributed by atoms with Gasteiger partial charge < -0.3 is 4.90 Å². The standard InChI is InChI=1S/C30H36F6N2S/c1-8-11-12-22(29(32,33)15-9-2)17-26(38(6)7)24-14-13-23(18-25(24)31)37-20(5)28-27(30(34,35)36)21(10-3)16-19(4)39-28/h9,12-14,16-18,21H,2,8,10-11,15H2,1,3-7H3/b22-12?,26-17-,37-20?. The molecule has 1 aliphatic heterocycles. The Balaban J connectivity index is 2.58. The maximum Gasteiger partial charge on any atom is 0.414 e. The van der Waals surface area contributed by atoms with E-state index in [-0.39, 0.29) is 39.6 Å². The van der Waals surface area contributed by atoms with Crippen LogP contribution in [0.4, 0.5) is 32.0 Å². The number of halogens is 6. The number of rotatable bonds is 11. The first-order chi connectivity index (χ1) is 18.2. The van der Waals surface area contributed by atoms with Gasteiger partial charge in [-0.3, -0.25) is 4.99 Å². The van der Waals surface area contributed by atoms with Gasteiger partial charge >= 0.3 is 6.18 Å². The predicted molar refractivity (Wildman–Crippen MR) is 152 cm³/mol. The number of nitrogens with zero attached hydrogens (tertiary/aromatic N) is 2. The third-order valence-electron chi connectivity index (χ3n) is 6.16. The Bertz CT molecular complexity index is 1200. The summed E-state index contributed by atoms with van der Waals surface area (Å²) in [5.74, 6) is -4.69. The van der Waals surface area contributed by atoms with Crippen LogP contribution in [0.3, 0.4) is 0 Å². The van der Waals surface area contributed by atoms with Gasteiger partial charge in [-0.05, 0) is 49.8 Å². The van der Waals surface area contributed by atoms with Crippen molar-refractivity contribution in [1.29, 1.82) is 0 Å². The minimum Gasteiger partial charge on any atom is -0.377 e. The largest absolute Gasteiger partial charge is 0.414 e. The summed E-state index contributed by atoms with van der Waals surface area (Å²) < 4.78 is 86.9. The zero-order valence-corrected chi connectivity index (χ0v) is 24.0. The first-order valence-corrected chi connectivity index (χ1v) is 13.6. The Kier molecular flexibility index (Phi) is 11.3. The smallest absolute Gasteiger partial charge is 0.377 e. The highest BCUT2D eigenvalue weighted by Gasteiger charge is 2.42. The van der Waals surface area contributed by atoms with Crippen molar-refractivity contribution in [2.75, 3.05) is 14.1 Å². The molecule has 1 heterocycles. The van der Waals surface area contributed by atoms with Crippen LogP contribution in [0.25, 0.3) is 5.70 Å². The average molecular weight is 571 g/mol. The van der Waals surface area contributed by atoms with Crippen molar-refractivity contribution in [2.45, 2.75) is 65.5 Å². The third kappa shape index (κ3) is 8.40. The molecule has 1 aromatic carbocycles. The van der Waals surface area contributed by atoms with Crippen molar-refractivity contribution in [3.63, 3.8) is 0 Å². The molecule has 2 rings (SSSR count). The second-order valence-corrected chi connectivity index (χ2v) is 10.8. The Morgan fingerprint density at radius 3 is 2.33 bits per heavy atom. The molecule has 0 saturated heterocycles. The predicted octanol–water partition coefficient (Wildman–Crippen LogP) is 10.3. The van der Waals surface area contributed by atoms with E-state index >= 15 is 4.39 Å². The molecule has 0 radical (unpaired) electrons. The Morgan fingerprint density at radius 1 is 1.15 bits per heavy atom. The maximum atomic E-state index is 15.4. The molecule has 0 aliphatic carbocycles. The lowest BCUT2D eigenvalue weighted by Crippen LogP contribution is -2.24. The lowest BCUT2D eigenvalue weighted by molar-refractivity contribution is -0.0975. The molecule has 9 heteroatoms. The van der Waals surface area contributed by atoms with Gasteiger partial charge in [0.05, 0.1) is 17.0 Å². The first kappa shape index (κ1) is 32.5.